The normalized spacial score (nSPS) is 14.0. The molecule has 0 bridgehead atoms. The maximum atomic E-state index is 13.0. The SMILES string of the molecule is [C-]#[N+]c1ccc(-c2c(C)[nH]n(-c3cc(C4CC4)c(S(C)(=O)=O)cn3)c2=O)cc1. The molecule has 1 saturated carbocycles. The van der Waals surface area contributed by atoms with Gasteiger partial charge in [-0.2, -0.15) is 0 Å². The van der Waals surface area contributed by atoms with Crippen molar-refractivity contribution in [1.82, 2.24) is 14.8 Å². The molecule has 0 spiro atoms. The second-order valence-electron chi connectivity index (χ2n) is 7.04. The van der Waals surface area contributed by atoms with Crippen LogP contribution < -0.4 is 5.56 Å². The third-order valence-corrected chi connectivity index (χ3v) is 6.03. The third-order valence-electron chi connectivity index (χ3n) is 4.89. The van der Waals surface area contributed by atoms with Crippen molar-refractivity contribution < 1.29 is 8.42 Å². The van der Waals surface area contributed by atoms with E-state index in [2.05, 4.69) is 14.9 Å². The number of aromatic nitrogens is 3. The maximum absolute atomic E-state index is 13.0. The smallest absolute Gasteiger partial charge is 0.280 e. The summed E-state index contributed by atoms with van der Waals surface area (Å²) in [5.41, 5.74) is 2.83. The minimum absolute atomic E-state index is 0.193. The summed E-state index contributed by atoms with van der Waals surface area (Å²) in [6.45, 7) is 8.84. The molecule has 0 unspecified atom stereocenters. The van der Waals surface area contributed by atoms with E-state index in [1.807, 2.05) is 0 Å². The molecule has 0 amide bonds. The molecule has 1 aliphatic carbocycles. The third kappa shape index (κ3) is 3.14. The lowest BCUT2D eigenvalue weighted by molar-refractivity contribution is 0.600. The molecule has 0 aliphatic heterocycles. The summed E-state index contributed by atoms with van der Waals surface area (Å²) in [6.07, 6.45) is 4.38. The van der Waals surface area contributed by atoms with E-state index in [0.29, 0.717) is 28.3 Å². The summed E-state index contributed by atoms with van der Waals surface area (Å²) in [4.78, 5) is 20.9. The zero-order chi connectivity index (χ0) is 20.1. The van der Waals surface area contributed by atoms with Gasteiger partial charge >= 0.3 is 0 Å². The Morgan fingerprint density at radius 1 is 1.25 bits per heavy atom. The Balaban J connectivity index is 1.84. The second kappa shape index (κ2) is 6.46. The topological polar surface area (TPSA) is 89.2 Å². The van der Waals surface area contributed by atoms with E-state index in [-0.39, 0.29) is 16.4 Å². The van der Waals surface area contributed by atoms with Gasteiger partial charge in [-0.15, -0.1) is 0 Å². The standard InChI is InChI=1S/C20H18N4O3S/c1-12-19(14-6-8-15(21-2)9-7-14)20(25)24(23-12)18-10-16(13-4-5-13)17(11-22-18)28(3,26)27/h6-11,13,23H,4-5H2,1,3H3. The Labute approximate surface area is 162 Å². The molecule has 1 fully saturated rings. The fraction of sp³-hybridized carbons (Fsp3) is 0.250. The van der Waals surface area contributed by atoms with Gasteiger partial charge in [-0.25, -0.2) is 22.9 Å². The molecular formula is C20H18N4O3S. The van der Waals surface area contributed by atoms with Gasteiger partial charge in [0, 0.05) is 18.1 Å². The van der Waals surface area contributed by atoms with E-state index in [1.165, 1.54) is 17.1 Å². The number of hydrogen-bond acceptors (Lipinski definition) is 4. The number of pyridine rings is 1. The van der Waals surface area contributed by atoms with Crippen LogP contribution in [0.15, 0.2) is 46.2 Å². The van der Waals surface area contributed by atoms with Gasteiger partial charge in [0.25, 0.3) is 5.56 Å². The van der Waals surface area contributed by atoms with Crippen LogP contribution in [-0.4, -0.2) is 29.4 Å². The van der Waals surface area contributed by atoms with Crippen LogP contribution in [0.1, 0.15) is 30.0 Å². The minimum atomic E-state index is -3.38. The highest BCUT2D eigenvalue weighted by Crippen LogP contribution is 2.43. The summed E-state index contributed by atoms with van der Waals surface area (Å²) in [5.74, 6) is 0.560. The first-order valence-electron chi connectivity index (χ1n) is 8.79. The van der Waals surface area contributed by atoms with Crippen LogP contribution in [0.25, 0.3) is 21.8 Å². The molecule has 28 heavy (non-hydrogen) atoms. The van der Waals surface area contributed by atoms with Crippen molar-refractivity contribution in [3.63, 3.8) is 0 Å². The molecule has 4 rings (SSSR count). The predicted molar refractivity (Wildman–Crippen MR) is 106 cm³/mol. The summed E-state index contributed by atoms with van der Waals surface area (Å²) in [6, 6.07) is 8.51. The number of nitrogens with one attached hydrogen (secondary N) is 1. The van der Waals surface area contributed by atoms with Crippen molar-refractivity contribution in [3.8, 4) is 16.9 Å². The molecular weight excluding hydrogens is 376 g/mol. The summed E-state index contributed by atoms with van der Waals surface area (Å²) in [5, 5.41) is 3.03. The Morgan fingerprint density at radius 2 is 1.93 bits per heavy atom. The van der Waals surface area contributed by atoms with Crippen LogP contribution in [-0.2, 0) is 9.84 Å². The summed E-state index contributed by atoms with van der Waals surface area (Å²) in [7, 11) is -3.38. The number of aryl methyl sites for hydroxylation is 1. The highest BCUT2D eigenvalue weighted by Gasteiger charge is 2.30. The molecule has 0 atom stereocenters. The first kappa shape index (κ1) is 18.2. The average molecular weight is 394 g/mol. The summed E-state index contributed by atoms with van der Waals surface area (Å²) < 4.78 is 25.5. The van der Waals surface area contributed by atoms with E-state index in [4.69, 9.17) is 6.57 Å². The van der Waals surface area contributed by atoms with E-state index in [0.717, 1.165) is 18.4 Å². The van der Waals surface area contributed by atoms with Crippen LogP contribution in [0.5, 0.6) is 0 Å². The zero-order valence-corrected chi connectivity index (χ0v) is 16.2. The Bertz CT molecular complexity index is 1270. The Hall–Kier alpha value is -3.18. The van der Waals surface area contributed by atoms with Crippen LogP contribution >= 0.6 is 0 Å². The van der Waals surface area contributed by atoms with Crippen molar-refractivity contribution in [2.75, 3.05) is 6.26 Å². The lowest BCUT2D eigenvalue weighted by Crippen LogP contribution is -2.18. The highest BCUT2D eigenvalue weighted by molar-refractivity contribution is 7.90. The number of benzene rings is 1. The fourth-order valence-corrected chi connectivity index (χ4v) is 4.24. The molecule has 1 aliphatic rings. The zero-order valence-electron chi connectivity index (χ0n) is 15.4. The van der Waals surface area contributed by atoms with Crippen LogP contribution in [0.2, 0.25) is 0 Å². The maximum Gasteiger partial charge on any atom is 0.280 e. The van der Waals surface area contributed by atoms with Gasteiger partial charge < -0.3 is 0 Å². The predicted octanol–water partition coefficient (Wildman–Crippen LogP) is 3.37. The molecule has 1 N–H and O–H groups in total. The average Bonchev–Trinajstić information content (AvgIpc) is 3.46. The number of H-pyrrole nitrogens is 1. The quantitative estimate of drug-likeness (QED) is 0.687. The molecule has 2 heterocycles. The van der Waals surface area contributed by atoms with Gasteiger partial charge in [-0.05, 0) is 42.9 Å². The van der Waals surface area contributed by atoms with Crippen LogP contribution in [0.4, 0.5) is 5.69 Å². The number of hydrogen-bond donors (Lipinski definition) is 1. The van der Waals surface area contributed by atoms with Crippen LogP contribution in [0, 0.1) is 13.5 Å². The van der Waals surface area contributed by atoms with Gasteiger partial charge in [0.05, 0.1) is 17.0 Å². The van der Waals surface area contributed by atoms with Gasteiger partial charge in [0.1, 0.15) is 0 Å². The summed E-state index contributed by atoms with van der Waals surface area (Å²) >= 11 is 0. The van der Waals surface area contributed by atoms with Crippen molar-refractivity contribution >= 4 is 15.5 Å². The highest BCUT2D eigenvalue weighted by atomic mass is 32.2. The van der Waals surface area contributed by atoms with Gasteiger partial charge in [0.15, 0.2) is 21.3 Å². The first-order valence-corrected chi connectivity index (χ1v) is 10.7. The lowest BCUT2D eigenvalue weighted by Gasteiger charge is -2.09. The van der Waals surface area contributed by atoms with Gasteiger partial charge in [-0.1, -0.05) is 24.3 Å². The number of nitrogens with zero attached hydrogens (tertiary/aromatic N) is 3. The van der Waals surface area contributed by atoms with Crippen molar-refractivity contribution in [1.29, 1.82) is 0 Å². The Kier molecular flexibility index (Phi) is 4.20. The van der Waals surface area contributed by atoms with E-state index >= 15 is 0 Å². The minimum Gasteiger partial charge on any atom is -0.293 e. The van der Waals surface area contributed by atoms with E-state index in [1.54, 1.807) is 37.3 Å². The second-order valence-corrected chi connectivity index (χ2v) is 9.02. The fourth-order valence-electron chi connectivity index (χ4n) is 3.34. The number of rotatable bonds is 4. The monoisotopic (exact) mass is 394 g/mol. The van der Waals surface area contributed by atoms with Crippen LogP contribution in [0.3, 0.4) is 0 Å². The van der Waals surface area contributed by atoms with Crippen molar-refractivity contribution in [3.05, 3.63) is 69.6 Å². The molecule has 7 nitrogen and oxygen atoms in total. The molecule has 1 aromatic carbocycles. The number of sulfone groups is 1. The Morgan fingerprint density at radius 3 is 2.50 bits per heavy atom. The van der Waals surface area contributed by atoms with Crippen molar-refractivity contribution in [2.45, 2.75) is 30.6 Å². The molecule has 2 aromatic heterocycles. The molecule has 0 saturated heterocycles. The van der Waals surface area contributed by atoms with E-state index < -0.39 is 9.84 Å². The first-order chi connectivity index (χ1) is 13.3. The van der Waals surface area contributed by atoms with Gasteiger partial charge in [0.2, 0.25) is 0 Å². The molecule has 0 radical (unpaired) electrons. The molecule has 8 heteroatoms. The van der Waals surface area contributed by atoms with Gasteiger partial charge in [-0.3, -0.25) is 9.89 Å². The molecule has 142 valence electrons. The van der Waals surface area contributed by atoms with Crippen molar-refractivity contribution in [2.24, 2.45) is 0 Å². The number of aromatic amines is 1. The lowest BCUT2D eigenvalue weighted by atomic mass is 10.1. The largest absolute Gasteiger partial charge is 0.293 e. The molecule has 3 aromatic rings. The van der Waals surface area contributed by atoms with E-state index in [9.17, 15) is 13.2 Å².